The first-order chi connectivity index (χ1) is 44.4. The lowest BCUT2D eigenvalue weighted by molar-refractivity contribution is -0.133. The number of carboxylic acids is 1. The summed E-state index contributed by atoms with van der Waals surface area (Å²) in [7, 11) is 16.6. The molecule has 2 aliphatic rings. The Morgan fingerprint density at radius 1 is 0.594 bits per heavy atom. The molecule has 0 aromatic carbocycles. The van der Waals surface area contributed by atoms with Gasteiger partial charge in [-0.25, -0.2) is 34.3 Å². The first-order valence-electron chi connectivity index (χ1n) is 29.4. The number of amides is 4. The molecule has 6 heterocycles. The van der Waals surface area contributed by atoms with Gasteiger partial charge in [0.05, 0.1) is 33.9 Å². The molecule has 2 aliphatic heterocycles. The molecule has 0 bridgehead atoms. The lowest BCUT2D eigenvalue weighted by atomic mass is 9.94. The zero-order chi connectivity index (χ0) is 71.0. The van der Waals surface area contributed by atoms with Crippen molar-refractivity contribution in [2.75, 3.05) is 20.6 Å². The topological polar surface area (TPSA) is 295 Å². The molecule has 4 amide bonds. The lowest BCUT2D eigenvalue weighted by Gasteiger charge is -2.28. The number of rotatable bonds is 24. The van der Waals surface area contributed by atoms with Crippen LogP contribution in [0.4, 0.5) is 9.59 Å². The number of ether oxygens (including phenoxy) is 2. The first-order valence-corrected chi connectivity index (χ1v) is 44.9. The van der Waals surface area contributed by atoms with Gasteiger partial charge in [0, 0.05) is 183 Å². The van der Waals surface area contributed by atoms with E-state index < -0.39 is 63.8 Å². The molecule has 2 atom stereocenters. The largest absolute Gasteiger partial charge is 0.476 e. The van der Waals surface area contributed by atoms with Crippen LogP contribution in [-0.2, 0) is 145 Å². The third kappa shape index (κ3) is 30.1. The highest BCUT2D eigenvalue weighted by Crippen LogP contribution is 2.32. The summed E-state index contributed by atoms with van der Waals surface area (Å²) in [5.74, 6) is -3.54. The Labute approximate surface area is 610 Å². The summed E-state index contributed by atoms with van der Waals surface area (Å²) in [6.45, 7) is 21.4. The molecule has 2 saturated heterocycles. The van der Waals surface area contributed by atoms with Gasteiger partial charge in [0.2, 0.25) is 11.8 Å². The van der Waals surface area contributed by atoms with Gasteiger partial charge < -0.3 is 30.1 Å². The zero-order valence-electron chi connectivity index (χ0n) is 55.0. The monoisotopic (exact) mass is 1590 g/mol. The second-order valence-electron chi connectivity index (χ2n) is 24.8. The highest BCUT2D eigenvalue weighted by Gasteiger charge is 2.38. The summed E-state index contributed by atoms with van der Waals surface area (Å²) >= 11 is 14.6. The fourth-order valence-corrected chi connectivity index (χ4v) is 28.4. The summed E-state index contributed by atoms with van der Waals surface area (Å²) in [4.78, 5) is 148. The lowest BCUT2D eigenvalue weighted by Crippen LogP contribution is -2.50. The van der Waals surface area contributed by atoms with Crippen LogP contribution in [-0.4, -0.2) is 154 Å². The van der Waals surface area contributed by atoms with Crippen molar-refractivity contribution in [3.05, 3.63) is 66.5 Å². The predicted molar refractivity (Wildman–Crippen MR) is 406 cm³/mol. The molecule has 4 aromatic rings. The number of carbonyl (C=O) groups is 10. The molecule has 0 saturated carbocycles. The van der Waals surface area contributed by atoms with Crippen LogP contribution in [0.1, 0.15) is 186 Å². The number of Topliss-reactive ketones (excluding diaryl/α,β-unsaturated/α-hetero) is 5. The van der Waals surface area contributed by atoms with Crippen molar-refractivity contribution in [2.45, 2.75) is 202 Å². The minimum absolute atomic E-state index is 0. The van der Waals surface area contributed by atoms with Gasteiger partial charge in [-0.2, -0.15) is 0 Å². The van der Waals surface area contributed by atoms with Crippen LogP contribution >= 0.6 is 45.3 Å². The summed E-state index contributed by atoms with van der Waals surface area (Å²) < 4.78 is 11.0. The van der Waals surface area contributed by atoms with Crippen molar-refractivity contribution in [2.24, 2.45) is 0 Å². The second kappa shape index (κ2) is 40.6. The summed E-state index contributed by atoms with van der Waals surface area (Å²) in [6.07, 6.45) is 5.47. The Kier molecular flexibility index (Phi) is 36.3. The predicted octanol–water partition coefficient (Wildman–Crippen LogP) is 10.7. The Balaban J connectivity index is 0.000000435. The van der Waals surface area contributed by atoms with Crippen molar-refractivity contribution in [3.63, 3.8) is 0 Å². The van der Waals surface area contributed by atoms with Gasteiger partial charge in [-0.05, 0) is 136 Å². The van der Waals surface area contributed by atoms with E-state index in [2.05, 4.69) is 52.9 Å². The third-order valence-electron chi connectivity index (χ3n) is 13.4. The van der Waals surface area contributed by atoms with Crippen LogP contribution in [0.3, 0.4) is 0 Å². The highest BCUT2D eigenvalue weighted by molar-refractivity contribution is 8.73. The minimum Gasteiger partial charge on any atom is -0.476 e. The van der Waals surface area contributed by atoms with E-state index in [-0.39, 0.29) is 68.2 Å². The number of thiazole rings is 4. The zero-order valence-corrected chi connectivity index (χ0v) is 66.4. The molecule has 0 spiro atoms. The van der Waals surface area contributed by atoms with Crippen molar-refractivity contribution in [1.29, 1.82) is 0 Å². The molecule has 2 fully saturated rings. The number of likely N-dealkylation sites (tertiary alicyclic amines) is 2. The third-order valence-corrected chi connectivity index (χ3v) is 32.5. The number of carboxylic acid groups (broad SMARTS) is 1. The number of nitrogens with one attached hydrogen (secondary N) is 2. The van der Waals surface area contributed by atoms with Crippen LogP contribution in [0, 0.1) is 0 Å². The van der Waals surface area contributed by atoms with Gasteiger partial charge in [0.1, 0.15) is 49.9 Å². The van der Waals surface area contributed by atoms with Crippen molar-refractivity contribution < 1.29 is 62.5 Å². The fourth-order valence-electron chi connectivity index (χ4n) is 8.69. The van der Waals surface area contributed by atoms with E-state index in [0.717, 1.165) is 18.0 Å². The van der Waals surface area contributed by atoms with E-state index in [0.29, 0.717) is 88.4 Å². The number of hydrogen-bond donors (Lipinski definition) is 3. The second-order valence-corrected chi connectivity index (χ2v) is 42.5. The summed E-state index contributed by atoms with van der Waals surface area (Å²) in [5, 5.41) is 23.7. The van der Waals surface area contributed by atoms with Crippen molar-refractivity contribution in [3.8, 4) is 21.4 Å². The minimum atomic E-state index is -1.30. The Morgan fingerprint density at radius 3 is 1.34 bits per heavy atom. The number of aromatic carboxylic acids is 1. The molecular formula is C60H83N9O13S14. The smallest absolute Gasteiger partial charge is 0.414 e. The van der Waals surface area contributed by atoms with E-state index in [4.69, 9.17) is 14.6 Å². The number of ketones is 5. The van der Waals surface area contributed by atoms with Gasteiger partial charge in [-0.1, -0.05) is 7.43 Å². The molecule has 0 aliphatic carbocycles. The summed E-state index contributed by atoms with van der Waals surface area (Å²) in [5.41, 5.74) is -1.30. The Bertz CT molecular complexity index is 3880. The van der Waals surface area contributed by atoms with Gasteiger partial charge in [0.25, 0.3) is 0 Å². The SMILES string of the molecule is C.C[C@H]1CC/C(=C/C(=O)NC(C)(C)C(=O)CC(=O)CCc2nc(-c3nc(C(=O)CCCN(C)C)cs3)cs2)N1C(=O)OC(C)(C)C.C[C@H]1CC/C(=C/C(=O)NC(C)(C)C(=O)CC(=O)CCc2nc(-c3nc(C(=O)O)cs3)cs2)N1C(=O)OC(C)(C)C.S=S=S=S=S=S=S=S=S=S. The molecule has 3 N–H and O–H groups in total. The molecule has 22 nitrogen and oxygen atoms in total. The van der Waals surface area contributed by atoms with Crippen LogP contribution in [0.5, 0.6) is 0 Å². The fraction of sp³-hybridized carbons (Fsp3) is 0.567. The number of aromatic nitrogens is 4. The van der Waals surface area contributed by atoms with Crippen LogP contribution in [0.25, 0.3) is 21.4 Å². The number of allylic oxidation sites excluding steroid dienone is 2. The van der Waals surface area contributed by atoms with E-state index in [9.17, 15) is 47.9 Å². The first kappa shape index (κ1) is 85.7. The van der Waals surface area contributed by atoms with Gasteiger partial charge in [-0.3, -0.25) is 43.4 Å². The maximum Gasteiger partial charge on any atom is 0.414 e. The van der Waals surface area contributed by atoms with Crippen molar-refractivity contribution in [1.82, 2.24) is 45.3 Å². The van der Waals surface area contributed by atoms with Crippen molar-refractivity contribution >= 4 is 198 Å². The quantitative estimate of drug-likeness (QED) is 0.0334. The number of hydrogen-bond acceptors (Lipinski definition) is 23. The Morgan fingerprint density at radius 2 is 0.979 bits per heavy atom. The highest BCUT2D eigenvalue weighted by atomic mass is 33.4. The van der Waals surface area contributed by atoms with E-state index in [1.807, 2.05) is 38.2 Å². The summed E-state index contributed by atoms with van der Waals surface area (Å²) in [6, 6.07) is -0.245. The average Bonchev–Trinajstić information content (AvgIpc) is 1.66. The molecule has 4 aromatic heterocycles. The van der Waals surface area contributed by atoms with E-state index in [1.54, 1.807) is 119 Å². The van der Waals surface area contributed by atoms with E-state index in [1.165, 1.54) is 104 Å². The van der Waals surface area contributed by atoms with Crippen LogP contribution in [0.2, 0.25) is 0 Å². The van der Waals surface area contributed by atoms with Gasteiger partial charge >= 0.3 is 18.2 Å². The van der Waals surface area contributed by atoms with Crippen LogP contribution < -0.4 is 10.6 Å². The molecule has 0 unspecified atom stereocenters. The average molecular weight is 1590 g/mol. The maximum atomic E-state index is 13.0. The number of aryl methyl sites for hydroxylation is 2. The maximum absolute atomic E-state index is 13.0. The molecule has 530 valence electrons. The number of carbonyl (C=O) groups excluding carboxylic acids is 9. The standard InChI is InChI=1S/C32H45N5O6S2.C27H34N4O7S2.CH4.S10/c1-20-11-12-21(37(20)30(42)43-31(2,3)4)16-27(41)35-32(5,6)26(40)17-22(38)13-14-28-33-24(19-44-28)29-34-23(18-45-29)25(39)10-9-15-36(7)8;1-15-7-8-16(31(15)25(37)38-26(2,3)4)11-21(34)30-27(5,6)20(33)12-17(32)9-10-22-28-18(13-39-22)23-29-19(14-40-23)24(35)36;;1-3-5-7-9-10-8-6-4-2/h16,18-20H,9-15,17H2,1-8H3,(H,35,41);11,13-15H,7-10,12H2,1-6H3,(H,30,34)(H,35,36);1H4;/b21-16-;16-11-;;/t20-;15-;;/m00../s1. The molecule has 36 heteroatoms. The molecule has 6 rings (SSSR count). The Hall–Kier alpha value is -4.54. The molecule has 96 heavy (non-hydrogen) atoms. The molecular weight excluding hydrogens is 1500 g/mol. The normalized spacial score (nSPS) is 15.3. The van der Waals surface area contributed by atoms with Gasteiger partial charge in [-0.15, -0.1) is 45.3 Å². The van der Waals surface area contributed by atoms with E-state index >= 15 is 0 Å². The van der Waals surface area contributed by atoms with Gasteiger partial charge in [0.15, 0.2) is 23.0 Å². The van der Waals surface area contributed by atoms with Crippen LogP contribution in [0.15, 0.2) is 45.1 Å². The molecule has 0 radical (unpaired) electrons. The number of nitrogens with zero attached hydrogens (tertiary/aromatic N) is 7.